The summed E-state index contributed by atoms with van der Waals surface area (Å²) in [5.74, 6) is 1.38. The fraction of sp³-hybridized carbons (Fsp3) is 0.350. The summed E-state index contributed by atoms with van der Waals surface area (Å²) in [5, 5.41) is 5.81. The first-order chi connectivity index (χ1) is 14.4. The first-order valence-corrected chi connectivity index (χ1v) is 12.2. The summed E-state index contributed by atoms with van der Waals surface area (Å²) < 4.78 is 34.5. The number of rotatable bonds is 7. The van der Waals surface area contributed by atoms with Crippen molar-refractivity contribution in [2.45, 2.75) is 25.9 Å². The van der Waals surface area contributed by atoms with Crippen molar-refractivity contribution < 1.29 is 22.5 Å². The number of aryl methyl sites for hydroxylation is 1. The number of amides is 1. The fourth-order valence-electron chi connectivity index (χ4n) is 3.36. The maximum Gasteiger partial charge on any atom is 0.261 e. The highest BCUT2D eigenvalue weighted by molar-refractivity contribution is 7.91. The van der Waals surface area contributed by atoms with Gasteiger partial charge in [0.25, 0.3) is 5.91 Å². The first kappa shape index (κ1) is 20.5. The lowest BCUT2D eigenvalue weighted by molar-refractivity contribution is -0.135. The number of hydrogen-bond acceptors (Lipinski definition) is 8. The summed E-state index contributed by atoms with van der Waals surface area (Å²) in [5.41, 5.74) is 0.779. The van der Waals surface area contributed by atoms with Gasteiger partial charge in [0.05, 0.1) is 18.1 Å². The zero-order valence-corrected chi connectivity index (χ0v) is 18.0. The van der Waals surface area contributed by atoms with Crippen molar-refractivity contribution >= 4 is 27.1 Å². The highest BCUT2D eigenvalue weighted by Crippen LogP contribution is 2.23. The van der Waals surface area contributed by atoms with Crippen LogP contribution in [0.25, 0.3) is 11.4 Å². The van der Waals surface area contributed by atoms with Crippen molar-refractivity contribution in [3.8, 4) is 17.1 Å². The van der Waals surface area contributed by atoms with Gasteiger partial charge in [0.15, 0.2) is 16.4 Å². The largest absolute Gasteiger partial charge is 0.484 e. The van der Waals surface area contributed by atoms with E-state index in [1.807, 2.05) is 17.5 Å². The zero-order valence-electron chi connectivity index (χ0n) is 16.4. The summed E-state index contributed by atoms with van der Waals surface area (Å²) in [6, 6.07) is 10.6. The molecule has 1 atom stereocenters. The number of sulfone groups is 1. The molecule has 3 heterocycles. The molecular weight excluding hydrogens is 426 g/mol. The van der Waals surface area contributed by atoms with Crippen LogP contribution in [-0.2, 0) is 21.2 Å². The standard InChI is InChI=1S/C20H21N3O5S2/c1-14-21-20(22-28-14)15-4-6-17(7-5-15)27-12-19(24)23(11-18-3-2-9-29-18)16-8-10-30(25,26)13-16/h2-7,9,16H,8,10-13H2,1H3. The van der Waals surface area contributed by atoms with E-state index in [1.54, 1.807) is 36.1 Å². The molecule has 1 aliphatic heterocycles. The number of thiophene rings is 1. The third-order valence-electron chi connectivity index (χ3n) is 4.88. The van der Waals surface area contributed by atoms with Crippen LogP contribution < -0.4 is 4.74 Å². The van der Waals surface area contributed by atoms with E-state index in [0.29, 0.717) is 30.4 Å². The van der Waals surface area contributed by atoms with E-state index in [9.17, 15) is 13.2 Å². The Morgan fingerprint density at radius 1 is 1.30 bits per heavy atom. The molecule has 1 unspecified atom stereocenters. The molecule has 0 radical (unpaired) electrons. The Kier molecular flexibility index (Phi) is 5.87. The molecule has 2 aromatic heterocycles. The van der Waals surface area contributed by atoms with Gasteiger partial charge >= 0.3 is 0 Å². The molecule has 1 aliphatic rings. The number of ether oxygens (including phenoxy) is 1. The van der Waals surface area contributed by atoms with E-state index in [4.69, 9.17) is 9.26 Å². The first-order valence-electron chi connectivity index (χ1n) is 9.45. The summed E-state index contributed by atoms with van der Waals surface area (Å²) in [6.45, 7) is 1.94. The Labute approximate surface area is 178 Å². The van der Waals surface area contributed by atoms with Crippen LogP contribution in [-0.4, -0.2) is 53.5 Å². The Morgan fingerprint density at radius 3 is 2.70 bits per heavy atom. The molecule has 0 spiro atoms. The number of hydrogen-bond donors (Lipinski definition) is 0. The third-order valence-corrected chi connectivity index (χ3v) is 7.49. The molecule has 4 rings (SSSR count). The quantitative estimate of drug-likeness (QED) is 0.549. The molecule has 0 aliphatic carbocycles. The van der Waals surface area contributed by atoms with Crippen LogP contribution in [0.2, 0.25) is 0 Å². The molecule has 158 valence electrons. The molecule has 3 aromatic rings. The lowest BCUT2D eigenvalue weighted by Crippen LogP contribution is -2.42. The molecule has 8 nitrogen and oxygen atoms in total. The second-order valence-corrected chi connectivity index (χ2v) is 10.4. The predicted octanol–water partition coefficient (Wildman–Crippen LogP) is 2.70. The lowest BCUT2D eigenvalue weighted by atomic mass is 10.2. The zero-order chi connectivity index (χ0) is 21.1. The Hall–Kier alpha value is -2.72. The van der Waals surface area contributed by atoms with E-state index in [2.05, 4.69) is 10.1 Å². The van der Waals surface area contributed by atoms with Crippen molar-refractivity contribution in [2.75, 3.05) is 18.1 Å². The maximum atomic E-state index is 12.9. The maximum absolute atomic E-state index is 12.9. The van der Waals surface area contributed by atoms with Crippen LogP contribution >= 0.6 is 11.3 Å². The van der Waals surface area contributed by atoms with E-state index in [1.165, 1.54) is 11.3 Å². The normalized spacial score (nSPS) is 17.7. The van der Waals surface area contributed by atoms with E-state index in [0.717, 1.165) is 10.4 Å². The molecule has 30 heavy (non-hydrogen) atoms. The minimum atomic E-state index is -3.10. The van der Waals surface area contributed by atoms with Gasteiger partial charge < -0.3 is 14.2 Å². The minimum Gasteiger partial charge on any atom is -0.484 e. The monoisotopic (exact) mass is 447 g/mol. The number of benzene rings is 1. The smallest absolute Gasteiger partial charge is 0.261 e. The summed E-state index contributed by atoms with van der Waals surface area (Å²) in [4.78, 5) is 19.7. The predicted molar refractivity (Wildman–Crippen MR) is 112 cm³/mol. The number of aromatic nitrogens is 2. The highest BCUT2D eigenvalue weighted by Gasteiger charge is 2.35. The van der Waals surface area contributed by atoms with Gasteiger partial charge in [-0.15, -0.1) is 11.3 Å². The van der Waals surface area contributed by atoms with Gasteiger partial charge in [-0.05, 0) is 42.1 Å². The number of carbonyl (C=O) groups is 1. The van der Waals surface area contributed by atoms with Gasteiger partial charge in [0.2, 0.25) is 11.7 Å². The minimum absolute atomic E-state index is 0.00291. The van der Waals surface area contributed by atoms with E-state index < -0.39 is 9.84 Å². The molecule has 1 fully saturated rings. The van der Waals surface area contributed by atoms with Crippen LogP contribution in [0.5, 0.6) is 5.75 Å². The van der Waals surface area contributed by atoms with E-state index >= 15 is 0 Å². The van der Waals surface area contributed by atoms with Crippen LogP contribution in [0.3, 0.4) is 0 Å². The van der Waals surface area contributed by atoms with Crippen LogP contribution in [0.4, 0.5) is 0 Å². The molecule has 10 heteroatoms. The Morgan fingerprint density at radius 2 is 2.10 bits per heavy atom. The Balaban J connectivity index is 1.42. The van der Waals surface area contributed by atoms with Crippen molar-refractivity contribution in [2.24, 2.45) is 0 Å². The highest BCUT2D eigenvalue weighted by atomic mass is 32.2. The number of nitrogens with zero attached hydrogens (tertiary/aromatic N) is 3. The van der Waals surface area contributed by atoms with Crippen molar-refractivity contribution in [1.82, 2.24) is 15.0 Å². The average molecular weight is 448 g/mol. The average Bonchev–Trinajstić information content (AvgIpc) is 3.46. The third kappa shape index (κ3) is 4.88. The summed E-state index contributed by atoms with van der Waals surface area (Å²) in [7, 11) is -3.10. The lowest BCUT2D eigenvalue weighted by Gasteiger charge is -2.28. The van der Waals surface area contributed by atoms with Crippen LogP contribution in [0, 0.1) is 6.92 Å². The molecule has 0 bridgehead atoms. The van der Waals surface area contributed by atoms with Gasteiger partial charge in [-0.3, -0.25) is 4.79 Å². The second kappa shape index (κ2) is 8.57. The van der Waals surface area contributed by atoms with E-state index in [-0.39, 0.29) is 30.1 Å². The Bertz CT molecular complexity index is 1110. The van der Waals surface area contributed by atoms with Crippen molar-refractivity contribution in [1.29, 1.82) is 0 Å². The van der Waals surface area contributed by atoms with Crippen molar-refractivity contribution in [3.63, 3.8) is 0 Å². The molecule has 0 N–H and O–H groups in total. The van der Waals surface area contributed by atoms with Gasteiger partial charge in [0.1, 0.15) is 5.75 Å². The molecule has 1 aromatic carbocycles. The van der Waals surface area contributed by atoms with Gasteiger partial charge in [0, 0.05) is 23.4 Å². The fourth-order valence-corrected chi connectivity index (χ4v) is 5.79. The van der Waals surface area contributed by atoms with Gasteiger partial charge in [-0.25, -0.2) is 8.42 Å². The molecule has 1 amide bonds. The molecular formula is C20H21N3O5S2. The topological polar surface area (TPSA) is 103 Å². The SMILES string of the molecule is Cc1nc(-c2ccc(OCC(=O)N(Cc3cccs3)C3CCS(=O)(=O)C3)cc2)no1. The van der Waals surface area contributed by atoms with Crippen LogP contribution in [0.15, 0.2) is 46.3 Å². The molecule has 1 saturated heterocycles. The number of carbonyl (C=O) groups excluding carboxylic acids is 1. The van der Waals surface area contributed by atoms with Crippen LogP contribution in [0.1, 0.15) is 17.2 Å². The van der Waals surface area contributed by atoms with Gasteiger partial charge in [-0.2, -0.15) is 4.98 Å². The summed E-state index contributed by atoms with van der Waals surface area (Å²) in [6.07, 6.45) is 0.457. The molecule has 0 saturated carbocycles. The van der Waals surface area contributed by atoms with Gasteiger partial charge in [-0.1, -0.05) is 11.2 Å². The summed E-state index contributed by atoms with van der Waals surface area (Å²) >= 11 is 1.54. The van der Waals surface area contributed by atoms with Crippen molar-refractivity contribution in [3.05, 3.63) is 52.5 Å². The second-order valence-electron chi connectivity index (χ2n) is 7.11.